The van der Waals surface area contributed by atoms with Crippen molar-refractivity contribution in [3.05, 3.63) is 24.3 Å². The van der Waals surface area contributed by atoms with Crippen molar-refractivity contribution in [1.82, 2.24) is 15.2 Å². The van der Waals surface area contributed by atoms with Crippen LogP contribution in [0.3, 0.4) is 0 Å². The van der Waals surface area contributed by atoms with Crippen LogP contribution in [-0.2, 0) is 4.79 Å². The Hall–Kier alpha value is -2.22. The second-order valence-electron chi connectivity index (χ2n) is 4.69. The summed E-state index contributed by atoms with van der Waals surface area (Å²) in [6.45, 7) is 1.79. The smallest absolute Gasteiger partial charge is 0.237 e. The van der Waals surface area contributed by atoms with Gasteiger partial charge in [-0.1, -0.05) is 11.8 Å². The van der Waals surface area contributed by atoms with Gasteiger partial charge in [0.2, 0.25) is 17.0 Å². The highest BCUT2D eigenvalue weighted by Crippen LogP contribution is 2.21. The van der Waals surface area contributed by atoms with Gasteiger partial charge in [0.15, 0.2) is 0 Å². The second-order valence-corrected chi connectivity index (χ2v) is 6.00. The van der Waals surface area contributed by atoms with Crippen molar-refractivity contribution in [3.63, 3.8) is 0 Å². The van der Waals surface area contributed by atoms with Crippen molar-refractivity contribution in [2.75, 3.05) is 30.0 Å². The van der Waals surface area contributed by atoms with Crippen LogP contribution in [-0.4, -0.2) is 40.4 Å². The van der Waals surface area contributed by atoms with Crippen molar-refractivity contribution in [1.29, 1.82) is 0 Å². The van der Waals surface area contributed by atoms with E-state index in [1.807, 2.05) is 43.3 Å². The Morgan fingerprint density at radius 2 is 2.05 bits per heavy atom. The fourth-order valence-corrected chi connectivity index (χ4v) is 2.34. The summed E-state index contributed by atoms with van der Waals surface area (Å²) in [6, 6.07) is 7.64. The van der Waals surface area contributed by atoms with E-state index in [0.29, 0.717) is 5.16 Å². The molecule has 1 unspecified atom stereocenters. The van der Waals surface area contributed by atoms with Gasteiger partial charge in [0.05, 0.1) is 5.25 Å². The van der Waals surface area contributed by atoms with Crippen molar-refractivity contribution in [3.8, 4) is 0 Å². The van der Waals surface area contributed by atoms with E-state index in [9.17, 15) is 4.79 Å². The Kier molecular flexibility index (Phi) is 4.69. The molecular formula is C13H18N6OS. The van der Waals surface area contributed by atoms with Crippen LogP contribution in [0, 0.1) is 0 Å². The van der Waals surface area contributed by atoms with Gasteiger partial charge in [-0.3, -0.25) is 4.79 Å². The molecule has 1 atom stereocenters. The first-order chi connectivity index (χ1) is 9.95. The van der Waals surface area contributed by atoms with Gasteiger partial charge in [-0.15, -0.1) is 5.10 Å². The maximum atomic E-state index is 12.1. The molecule has 1 amide bonds. The number of carbonyl (C=O) groups excluding carboxylic acids is 1. The highest BCUT2D eigenvalue weighted by molar-refractivity contribution is 8.00. The van der Waals surface area contributed by atoms with E-state index >= 15 is 0 Å². The third kappa shape index (κ3) is 4.12. The molecule has 21 heavy (non-hydrogen) atoms. The Bertz CT molecular complexity index is 609. The Morgan fingerprint density at radius 3 is 2.57 bits per heavy atom. The molecule has 112 valence electrons. The monoisotopic (exact) mass is 306 g/mol. The van der Waals surface area contributed by atoms with Crippen LogP contribution in [0.1, 0.15) is 6.92 Å². The predicted molar refractivity (Wildman–Crippen MR) is 85.5 cm³/mol. The van der Waals surface area contributed by atoms with E-state index < -0.39 is 0 Å². The number of H-pyrrole nitrogens is 1. The maximum Gasteiger partial charge on any atom is 0.237 e. The number of aromatic nitrogens is 3. The summed E-state index contributed by atoms with van der Waals surface area (Å²) in [6.07, 6.45) is 0. The minimum absolute atomic E-state index is 0.110. The molecular weight excluding hydrogens is 288 g/mol. The van der Waals surface area contributed by atoms with Crippen molar-refractivity contribution in [2.45, 2.75) is 17.3 Å². The van der Waals surface area contributed by atoms with E-state index in [2.05, 4.69) is 20.5 Å². The van der Waals surface area contributed by atoms with E-state index in [-0.39, 0.29) is 17.1 Å². The zero-order chi connectivity index (χ0) is 15.4. The molecule has 0 spiro atoms. The van der Waals surface area contributed by atoms with Crippen LogP contribution in [0.2, 0.25) is 0 Å². The average Bonchev–Trinajstić information content (AvgIpc) is 2.84. The van der Waals surface area contributed by atoms with Crippen LogP contribution in [0.25, 0.3) is 0 Å². The summed E-state index contributed by atoms with van der Waals surface area (Å²) in [5.41, 5.74) is 7.28. The molecule has 0 aliphatic carbocycles. The summed E-state index contributed by atoms with van der Waals surface area (Å²) < 4.78 is 0. The molecule has 4 N–H and O–H groups in total. The molecule has 8 heteroatoms. The number of amides is 1. The Balaban J connectivity index is 1.93. The normalized spacial score (nSPS) is 12.0. The number of carbonyl (C=O) groups is 1. The number of hydrogen-bond acceptors (Lipinski definition) is 6. The van der Waals surface area contributed by atoms with E-state index in [0.717, 1.165) is 11.4 Å². The third-order valence-corrected chi connectivity index (χ3v) is 3.75. The number of hydrogen-bond donors (Lipinski definition) is 3. The molecule has 0 aliphatic rings. The van der Waals surface area contributed by atoms with Gasteiger partial charge in [-0.25, -0.2) is 5.10 Å². The van der Waals surface area contributed by atoms with Gasteiger partial charge in [-0.05, 0) is 31.2 Å². The number of aromatic amines is 1. The summed E-state index contributed by atoms with van der Waals surface area (Å²) >= 11 is 1.25. The number of nitrogens with one attached hydrogen (secondary N) is 2. The van der Waals surface area contributed by atoms with Crippen LogP contribution >= 0.6 is 11.8 Å². The number of benzene rings is 1. The lowest BCUT2D eigenvalue weighted by molar-refractivity contribution is -0.115. The summed E-state index contributed by atoms with van der Waals surface area (Å²) in [5, 5.41) is 9.42. The van der Waals surface area contributed by atoms with Gasteiger partial charge in [-0.2, -0.15) is 4.98 Å². The molecule has 0 bridgehead atoms. The molecule has 0 radical (unpaired) electrons. The first-order valence-electron chi connectivity index (χ1n) is 6.38. The lowest BCUT2D eigenvalue weighted by atomic mass is 10.2. The van der Waals surface area contributed by atoms with E-state index in [1.54, 1.807) is 6.92 Å². The number of thioether (sulfide) groups is 1. The van der Waals surface area contributed by atoms with Crippen molar-refractivity contribution in [2.24, 2.45) is 0 Å². The molecule has 2 aromatic rings. The van der Waals surface area contributed by atoms with Gasteiger partial charge >= 0.3 is 0 Å². The molecule has 0 aliphatic heterocycles. The van der Waals surface area contributed by atoms with Gasteiger partial charge in [0, 0.05) is 25.5 Å². The second kappa shape index (κ2) is 6.49. The van der Waals surface area contributed by atoms with Crippen LogP contribution in [0.5, 0.6) is 0 Å². The molecule has 2 rings (SSSR count). The molecule has 0 saturated carbocycles. The zero-order valence-electron chi connectivity index (χ0n) is 12.1. The molecule has 7 nitrogen and oxygen atoms in total. The number of nitrogens with two attached hydrogens (primary N) is 1. The number of anilines is 3. The van der Waals surface area contributed by atoms with Crippen LogP contribution in [0.15, 0.2) is 29.4 Å². The van der Waals surface area contributed by atoms with Crippen LogP contribution < -0.4 is 16.0 Å². The van der Waals surface area contributed by atoms with Gasteiger partial charge < -0.3 is 16.0 Å². The molecule has 0 saturated heterocycles. The van der Waals surface area contributed by atoms with Gasteiger partial charge in [0.1, 0.15) is 0 Å². The topological polar surface area (TPSA) is 99.9 Å². The van der Waals surface area contributed by atoms with Crippen molar-refractivity contribution >= 4 is 35.0 Å². The number of nitrogen functional groups attached to an aromatic ring is 1. The van der Waals surface area contributed by atoms with Gasteiger partial charge in [0.25, 0.3) is 0 Å². The van der Waals surface area contributed by atoms with E-state index in [1.165, 1.54) is 11.8 Å². The SMILES string of the molecule is CC(Sc1n[nH]c(N)n1)C(=O)Nc1ccc(N(C)C)cc1. The van der Waals surface area contributed by atoms with Crippen LogP contribution in [0.4, 0.5) is 17.3 Å². The Labute approximate surface area is 127 Å². The standard InChI is InChI=1S/C13H18N6OS/c1-8(21-13-16-12(14)17-18-13)11(20)15-9-4-6-10(7-5-9)19(2)3/h4-8H,1-3H3,(H,15,20)(H3,14,16,17,18). The highest BCUT2D eigenvalue weighted by Gasteiger charge is 2.17. The minimum Gasteiger partial charge on any atom is -0.378 e. The molecule has 1 aromatic heterocycles. The molecule has 0 fully saturated rings. The van der Waals surface area contributed by atoms with Crippen molar-refractivity contribution < 1.29 is 4.79 Å². The maximum absolute atomic E-state index is 12.1. The predicted octanol–water partition coefficient (Wildman–Crippen LogP) is 1.57. The fraction of sp³-hybridized carbons (Fsp3) is 0.308. The minimum atomic E-state index is -0.325. The first kappa shape index (κ1) is 15.2. The highest BCUT2D eigenvalue weighted by atomic mass is 32.2. The molecule has 1 heterocycles. The summed E-state index contributed by atoms with van der Waals surface area (Å²) in [5.74, 6) is 0.130. The number of nitrogens with zero attached hydrogens (tertiary/aromatic N) is 3. The zero-order valence-corrected chi connectivity index (χ0v) is 12.9. The fourth-order valence-electron chi connectivity index (χ4n) is 1.61. The third-order valence-electron chi connectivity index (χ3n) is 2.78. The Morgan fingerprint density at radius 1 is 1.38 bits per heavy atom. The largest absolute Gasteiger partial charge is 0.378 e. The summed E-state index contributed by atoms with van der Waals surface area (Å²) in [7, 11) is 3.93. The lowest BCUT2D eigenvalue weighted by Gasteiger charge is -2.14. The average molecular weight is 306 g/mol. The lowest BCUT2D eigenvalue weighted by Crippen LogP contribution is -2.22. The first-order valence-corrected chi connectivity index (χ1v) is 7.26. The quantitative estimate of drug-likeness (QED) is 0.725. The number of rotatable bonds is 5. The molecule has 1 aromatic carbocycles. The van der Waals surface area contributed by atoms with E-state index in [4.69, 9.17) is 5.73 Å². The summed E-state index contributed by atoms with van der Waals surface area (Å²) in [4.78, 5) is 18.1.